The second-order valence-corrected chi connectivity index (χ2v) is 2.82. The molecule has 0 bridgehead atoms. The molecule has 2 heteroatoms. The molecule has 2 unspecified atom stereocenters. The van der Waals surface area contributed by atoms with Gasteiger partial charge in [-0.2, -0.15) is 0 Å². The molecule has 0 aromatic rings. The first-order valence-corrected chi connectivity index (χ1v) is 3.66. The van der Waals surface area contributed by atoms with E-state index in [2.05, 4.69) is 0 Å². The van der Waals surface area contributed by atoms with Gasteiger partial charge in [0.05, 0.1) is 12.7 Å². The van der Waals surface area contributed by atoms with Gasteiger partial charge < -0.3 is 9.47 Å². The largest absolute Gasteiger partial charge is 0.379 e. The first-order chi connectivity index (χ1) is 4.47. The van der Waals surface area contributed by atoms with Crippen LogP contribution in [-0.2, 0) is 9.47 Å². The molecule has 52 valence electrons. The van der Waals surface area contributed by atoms with Crippen LogP contribution in [0.2, 0.25) is 0 Å². The lowest BCUT2D eigenvalue weighted by Crippen LogP contribution is -2.28. The summed E-state index contributed by atoms with van der Waals surface area (Å²) in [6.07, 6.45) is 2.91. The second kappa shape index (κ2) is 2.27. The normalized spacial score (nSPS) is 42.7. The van der Waals surface area contributed by atoms with Gasteiger partial charge in [-0.15, -0.1) is 0 Å². The fraction of sp³-hybridized carbons (Fsp3) is 1.00. The van der Waals surface area contributed by atoms with Crippen molar-refractivity contribution < 1.29 is 9.47 Å². The van der Waals surface area contributed by atoms with Gasteiger partial charge in [-0.3, -0.25) is 0 Å². The quantitative estimate of drug-likeness (QED) is 0.480. The molecule has 9 heavy (non-hydrogen) atoms. The average molecular weight is 128 g/mol. The Morgan fingerprint density at radius 3 is 2.89 bits per heavy atom. The molecule has 0 aromatic carbocycles. The van der Waals surface area contributed by atoms with E-state index in [0.717, 1.165) is 25.7 Å². The number of hydrogen-bond acceptors (Lipinski definition) is 2. The Bertz CT molecular complexity index is 91.1. The van der Waals surface area contributed by atoms with Crippen LogP contribution in [0.3, 0.4) is 0 Å². The van der Waals surface area contributed by atoms with Gasteiger partial charge in [0.15, 0.2) is 0 Å². The van der Waals surface area contributed by atoms with Gasteiger partial charge in [-0.25, -0.2) is 0 Å². The highest BCUT2D eigenvalue weighted by atomic mass is 16.5. The minimum atomic E-state index is 0.443. The summed E-state index contributed by atoms with van der Waals surface area (Å²) in [5.74, 6) is 0.818. The van der Waals surface area contributed by atoms with Gasteiger partial charge in [0, 0.05) is 13.2 Å². The molecule has 2 atom stereocenters. The molecule has 0 amide bonds. The van der Waals surface area contributed by atoms with E-state index in [4.69, 9.17) is 9.47 Å². The number of ether oxygens (including phenoxy) is 2. The predicted molar refractivity (Wildman–Crippen MR) is 33.3 cm³/mol. The average Bonchev–Trinajstić information content (AvgIpc) is 2.33. The van der Waals surface area contributed by atoms with E-state index in [9.17, 15) is 0 Å². The third-order valence-corrected chi connectivity index (χ3v) is 2.26. The Hall–Kier alpha value is -0.0800. The molecule has 0 aliphatic carbocycles. The Morgan fingerprint density at radius 1 is 1.11 bits per heavy atom. The standard InChI is InChI=1S/C7H12O2/c1-3-8-5-7-6(1)2-4-9-7/h6-7H,1-5H2. The van der Waals surface area contributed by atoms with Crippen LogP contribution >= 0.6 is 0 Å². The molecule has 2 nitrogen and oxygen atoms in total. The van der Waals surface area contributed by atoms with E-state index in [-0.39, 0.29) is 0 Å². The van der Waals surface area contributed by atoms with Gasteiger partial charge in [-0.1, -0.05) is 0 Å². The highest BCUT2D eigenvalue weighted by Gasteiger charge is 2.30. The Morgan fingerprint density at radius 2 is 2.00 bits per heavy atom. The van der Waals surface area contributed by atoms with E-state index in [1.54, 1.807) is 0 Å². The predicted octanol–water partition coefficient (Wildman–Crippen LogP) is 0.812. The minimum Gasteiger partial charge on any atom is -0.379 e. The van der Waals surface area contributed by atoms with Crippen molar-refractivity contribution in [3.05, 3.63) is 0 Å². The lowest BCUT2D eigenvalue weighted by Gasteiger charge is -2.23. The topological polar surface area (TPSA) is 18.5 Å². The molecular weight excluding hydrogens is 116 g/mol. The molecule has 2 aliphatic rings. The number of fused-ring (bicyclic) bond motifs is 1. The van der Waals surface area contributed by atoms with E-state index in [0.29, 0.717) is 6.10 Å². The van der Waals surface area contributed by atoms with Crippen LogP contribution in [0.5, 0.6) is 0 Å². The van der Waals surface area contributed by atoms with Crippen LogP contribution in [0.25, 0.3) is 0 Å². The second-order valence-electron chi connectivity index (χ2n) is 2.82. The van der Waals surface area contributed by atoms with Crippen molar-refractivity contribution in [3.8, 4) is 0 Å². The van der Waals surface area contributed by atoms with Crippen molar-refractivity contribution in [2.24, 2.45) is 5.92 Å². The molecule has 0 saturated carbocycles. The van der Waals surface area contributed by atoms with Crippen molar-refractivity contribution in [2.45, 2.75) is 18.9 Å². The zero-order chi connectivity index (χ0) is 6.10. The van der Waals surface area contributed by atoms with Gasteiger partial charge in [-0.05, 0) is 18.8 Å². The first kappa shape index (κ1) is 5.69. The Balaban J connectivity index is 1.97. The summed E-state index contributed by atoms with van der Waals surface area (Å²) < 4.78 is 10.7. The van der Waals surface area contributed by atoms with E-state index in [1.165, 1.54) is 12.8 Å². The highest BCUT2D eigenvalue weighted by molar-refractivity contribution is 4.78. The number of hydrogen-bond donors (Lipinski definition) is 0. The maximum Gasteiger partial charge on any atom is 0.0838 e. The number of rotatable bonds is 0. The summed E-state index contributed by atoms with van der Waals surface area (Å²) in [7, 11) is 0. The molecular formula is C7H12O2. The molecule has 2 aliphatic heterocycles. The summed E-state index contributed by atoms with van der Waals surface area (Å²) in [5, 5.41) is 0. The van der Waals surface area contributed by atoms with E-state index >= 15 is 0 Å². The molecule has 2 fully saturated rings. The SMILES string of the molecule is C1CC2CCOC2CO1. The van der Waals surface area contributed by atoms with Crippen LogP contribution in [0.4, 0.5) is 0 Å². The minimum absolute atomic E-state index is 0.443. The maximum atomic E-state index is 5.43. The van der Waals surface area contributed by atoms with Gasteiger partial charge in [0.25, 0.3) is 0 Å². The molecule has 0 radical (unpaired) electrons. The van der Waals surface area contributed by atoms with Crippen LogP contribution in [-0.4, -0.2) is 25.9 Å². The molecule has 2 heterocycles. The summed E-state index contributed by atoms with van der Waals surface area (Å²) in [5.41, 5.74) is 0. The van der Waals surface area contributed by atoms with Crippen molar-refractivity contribution in [1.82, 2.24) is 0 Å². The summed E-state index contributed by atoms with van der Waals surface area (Å²) in [6, 6.07) is 0. The zero-order valence-electron chi connectivity index (χ0n) is 5.51. The van der Waals surface area contributed by atoms with Crippen LogP contribution in [0.15, 0.2) is 0 Å². The van der Waals surface area contributed by atoms with E-state index in [1.807, 2.05) is 0 Å². The van der Waals surface area contributed by atoms with Crippen LogP contribution < -0.4 is 0 Å². The van der Waals surface area contributed by atoms with Crippen molar-refractivity contribution in [1.29, 1.82) is 0 Å². The van der Waals surface area contributed by atoms with Crippen LogP contribution in [0.1, 0.15) is 12.8 Å². The fourth-order valence-corrected chi connectivity index (χ4v) is 1.64. The summed E-state index contributed by atoms with van der Waals surface area (Å²) >= 11 is 0. The smallest absolute Gasteiger partial charge is 0.0838 e. The summed E-state index contributed by atoms with van der Waals surface area (Å²) in [4.78, 5) is 0. The van der Waals surface area contributed by atoms with Crippen molar-refractivity contribution in [3.63, 3.8) is 0 Å². The Kier molecular flexibility index (Phi) is 1.44. The van der Waals surface area contributed by atoms with E-state index < -0.39 is 0 Å². The van der Waals surface area contributed by atoms with Crippen molar-refractivity contribution in [2.75, 3.05) is 19.8 Å². The lowest BCUT2D eigenvalue weighted by atomic mass is 9.97. The van der Waals surface area contributed by atoms with Crippen LogP contribution in [0, 0.1) is 5.92 Å². The molecule has 2 saturated heterocycles. The van der Waals surface area contributed by atoms with Gasteiger partial charge in [0.2, 0.25) is 0 Å². The molecule has 0 aromatic heterocycles. The zero-order valence-corrected chi connectivity index (χ0v) is 5.51. The van der Waals surface area contributed by atoms with Gasteiger partial charge in [0.1, 0.15) is 0 Å². The fourth-order valence-electron chi connectivity index (χ4n) is 1.64. The molecule has 0 N–H and O–H groups in total. The van der Waals surface area contributed by atoms with Gasteiger partial charge >= 0.3 is 0 Å². The third-order valence-electron chi connectivity index (χ3n) is 2.26. The lowest BCUT2D eigenvalue weighted by molar-refractivity contribution is -0.0348. The summed E-state index contributed by atoms with van der Waals surface area (Å²) in [6.45, 7) is 2.74. The van der Waals surface area contributed by atoms with Crippen molar-refractivity contribution >= 4 is 0 Å². The molecule has 2 rings (SSSR count). The Labute approximate surface area is 55.1 Å². The molecule has 0 spiro atoms. The monoisotopic (exact) mass is 128 g/mol. The maximum absolute atomic E-state index is 5.43. The highest BCUT2D eigenvalue weighted by Crippen LogP contribution is 2.27. The third kappa shape index (κ3) is 0.970. The first-order valence-electron chi connectivity index (χ1n) is 3.66.